The third-order valence-electron chi connectivity index (χ3n) is 14.4. The van der Waals surface area contributed by atoms with Crippen LogP contribution in [0.3, 0.4) is 0 Å². The summed E-state index contributed by atoms with van der Waals surface area (Å²) in [5, 5.41) is 1.46. The number of halogens is 2. The Morgan fingerprint density at radius 3 is 1.64 bits per heavy atom. The smallest absolute Gasteiger partial charge is 0.252 e. The molecule has 5 heteroatoms. The van der Waals surface area contributed by atoms with Gasteiger partial charge in [-0.2, -0.15) is 0 Å². The van der Waals surface area contributed by atoms with Crippen LogP contribution >= 0.6 is 23.2 Å². The Bertz CT molecular complexity index is 2480. The van der Waals surface area contributed by atoms with Crippen LogP contribution in [0.1, 0.15) is 135 Å². The maximum Gasteiger partial charge on any atom is 0.252 e. The van der Waals surface area contributed by atoms with Crippen molar-refractivity contribution in [2.45, 2.75) is 136 Å². The zero-order valence-electron chi connectivity index (χ0n) is 35.6. The Kier molecular flexibility index (Phi) is 8.25. The number of nitrogens with zero attached hydrogens (tertiary/aromatic N) is 2. The van der Waals surface area contributed by atoms with Gasteiger partial charge in [-0.25, -0.2) is 0 Å². The van der Waals surface area contributed by atoms with E-state index < -0.39 is 0 Å². The minimum Gasteiger partial charge on any atom is -0.311 e. The molecule has 0 bridgehead atoms. The van der Waals surface area contributed by atoms with Gasteiger partial charge in [-0.1, -0.05) is 130 Å². The van der Waals surface area contributed by atoms with Crippen molar-refractivity contribution in [3.8, 4) is 0 Å². The van der Waals surface area contributed by atoms with E-state index in [-0.39, 0.29) is 33.8 Å². The van der Waals surface area contributed by atoms with E-state index in [9.17, 15) is 0 Å². The van der Waals surface area contributed by atoms with Crippen LogP contribution in [0.2, 0.25) is 10.0 Å². The lowest BCUT2D eigenvalue weighted by atomic mass is 9.33. The summed E-state index contributed by atoms with van der Waals surface area (Å²) in [6.45, 7) is 28.6. The van der Waals surface area contributed by atoms with Gasteiger partial charge >= 0.3 is 0 Å². The Morgan fingerprint density at radius 1 is 0.500 bits per heavy atom. The maximum absolute atomic E-state index is 7.36. The van der Waals surface area contributed by atoms with E-state index in [1.54, 1.807) is 0 Å². The highest BCUT2D eigenvalue weighted by Gasteiger charge is 2.47. The van der Waals surface area contributed by atoms with Gasteiger partial charge in [0.05, 0.1) is 0 Å². The number of benzene rings is 5. The predicted octanol–water partition coefficient (Wildman–Crippen LogP) is 13.4. The molecule has 9 rings (SSSR count). The van der Waals surface area contributed by atoms with Crippen LogP contribution in [0.5, 0.6) is 0 Å². The van der Waals surface area contributed by atoms with Crippen molar-refractivity contribution in [3.63, 3.8) is 0 Å². The van der Waals surface area contributed by atoms with Crippen molar-refractivity contribution < 1.29 is 0 Å². The summed E-state index contributed by atoms with van der Waals surface area (Å²) in [7, 11) is 0. The van der Waals surface area contributed by atoms with E-state index in [0.29, 0.717) is 0 Å². The first kappa shape index (κ1) is 37.9. The van der Waals surface area contributed by atoms with Gasteiger partial charge in [0, 0.05) is 44.2 Å². The third-order valence-corrected chi connectivity index (χ3v) is 14.8. The van der Waals surface area contributed by atoms with Gasteiger partial charge in [0.25, 0.3) is 6.71 Å². The Hall–Kier alpha value is -3.66. The van der Waals surface area contributed by atoms with Gasteiger partial charge in [-0.15, -0.1) is 0 Å². The standard InChI is InChI=1S/C51H57BCl2N2/c1-30-23-31(47(2,3)4)13-18-41(30)56-42-24-32(53)14-17-39(42)52-40-28-37-38(51(11,12)22-21-50(37,9)10)29-43(40)55(44-25-33(54)26-45(56)46(44)52)34-15-16-35-36(27-34)49(7,8)20-19-48(35,5)6/h13-18,23-29H,19-22H2,1-12H3. The van der Waals surface area contributed by atoms with Gasteiger partial charge in [0.1, 0.15) is 0 Å². The van der Waals surface area contributed by atoms with Gasteiger partial charge in [0.15, 0.2) is 0 Å². The molecule has 2 aliphatic heterocycles. The molecule has 0 fully saturated rings. The number of anilines is 6. The zero-order chi connectivity index (χ0) is 40.1. The lowest BCUT2D eigenvalue weighted by molar-refractivity contribution is 0.332. The molecular formula is C51H57BCl2N2. The Morgan fingerprint density at radius 2 is 1.04 bits per heavy atom. The molecule has 4 aliphatic rings. The second-order valence-electron chi connectivity index (χ2n) is 21.1. The van der Waals surface area contributed by atoms with Crippen LogP contribution in [0.4, 0.5) is 34.1 Å². The molecule has 0 saturated carbocycles. The highest BCUT2D eigenvalue weighted by Crippen LogP contribution is 2.53. The fourth-order valence-corrected chi connectivity index (χ4v) is 11.0. The highest BCUT2D eigenvalue weighted by molar-refractivity contribution is 7.00. The van der Waals surface area contributed by atoms with E-state index in [0.717, 1.165) is 45.6 Å². The molecule has 0 radical (unpaired) electrons. The van der Waals surface area contributed by atoms with Crippen molar-refractivity contribution in [2.75, 3.05) is 9.80 Å². The van der Waals surface area contributed by atoms with Crippen LogP contribution in [0, 0.1) is 6.92 Å². The summed E-state index contributed by atoms with van der Waals surface area (Å²) < 4.78 is 0. The highest BCUT2D eigenvalue weighted by atomic mass is 35.5. The van der Waals surface area contributed by atoms with Crippen LogP contribution in [-0.2, 0) is 27.1 Å². The molecule has 0 atom stereocenters. The molecule has 2 aliphatic carbocycles. The molecule has 0 N–H and O–H groups in total. The Balaban J connectivity index is 1.39. The molecule has 5 aromatic carbocycles. The molecule has 0 saturated heterocycles. The normalized spacial score (nSPS) is 19.4. The molecule has 0 amide bonds. The first-order chi connectivity index (χ1) is 26.1. The summed E-state index contributed by atoms with van der Waals surface area (Å²) in [5.74, 6) is 0. The number of rotatable bonds is 2. The summed E-state index contributed by atoms with van der Waals surface area (Å²) in [6, 6.07) is 30.4. The zero-order valence-corrected chi connectivity index (χ0v) is 37.1. The fourth-order valence-electron chi connectivity index (χ4n) is 10.6. The minimum absolute atomic E-state index is 0.000304. The van der Waals surface area contributed by atoms with Crippen LogP contribution in [0.15, 0.2) is 78.9 Å². The second-order valence-corrected chi connectivity index (χ2v) is 22.0. The number of fused-ring (bicyclic) bond motifs is 6. The maximum atomic E-state index is 7.36. The molecule has 5 aromatic rings. The lowest BCUT2D eigenvalue weighted by Crippen LogP contribution is -2.61. The second kappa shape index (κ2) is 12.2. The van der Waals surface area contributed by atoms with E-state index in [1.807, 2.05) is 0 Å². The molecule has 0 aromatic heterocycles. The van der Waals surface area contributed by atoms with E-state index >= 15 is 0 Å². The monoisotopic (exact) mass is 778 g/mol. The van der Waals surface area contributed by atoms with E-state index in [2.05, 4.69) is 172 Å². The molecule has 0 unspecified atom stereocenters. The predicted molar refractivity (Wildman–Crippen MR) is 244 cm³/mol. The van der Waals surface area contributed by atoms with Crippen molar-refractivity contribution in [3.05, 3.63) is 122 Å². The number of hydrogen-bond donors (Lipinski definition) is 0. The average molecular weight is 780 g/mol. The molecular weight excluding hydrogens is 722 g/mol. The largest absolute Gasteiger partial charge is 0.311 e. The quantitative estimate of drug-likeness (QED) is 0.161. The van der Waals surface area contributed by atoms with Gasteiger partial charge < -0.3 is 9.80 Å². The van der Waals surface area contributed by atoms with Gasteiger partial charge in [-0.3, -0.25) is 0 Å². The molecule has 2 heterocycles. The van der Waals surface area contributed by atoms with Crippen molar-refractivity contribution >= 4 is 80.4 Å². The Labute approximate surface area is 346 Å². The summed E-state index contributed by atoms with van der Waals surface area (Å²) in [5.41, 5.74) is 19.7. The number of hydrogen-bond acceptors (Lipinski definition) is 2. The number of aryl methyl sites for hydroxylation is 1. The van der Waals surface area contributed by atoms with Crippen LogP contribution in [-0.4, -0.2) is 6.71 Å². The first-order valence-corrected chi connectivity index (χ1v) is 21.5. The van der Waals surface area contributed by atoms with Crippen molar-refractivity contribution in [2.24, 2.45) is 0 Å². The SMILES string of the molecule is Cc1cc(C(C)(C)C)ccc1N1c2cc(Cl)ccc2B2c3cc4c(cc3N(c3ccc5c(c3)C(C)(C)CCC5(C)C)c3cc(Cl)cc1c32)C(C)(C)CCC4(C)C. The van der Waals surface area contributed by atoms with Crippen molar-refractivity contribution in [1.29, 1.82) is 0 Å². The minimum atomic E-state index is 0.000304. The van der Waals surface area contributed by atoms with Gasteiger partial charge in [0.2, 0.25) is 0 Å². The molecule has 2 nitrogen and oxygen atoms in total. The third kappa shape index (κ3) is 5.65. The molecule has 0 spiro atoms. The van der Waals surface area contributed by atoms with Crippen LogP contribution in [0.25, 0.3) is 0 Å². The van der Waals surface area contributed by atoms with E-state index in [4.69, 9.17) is 23.2 Å². The summed E-state index contributed by atoms with van der Waals surface area (Å²) >= 11 is 14.3. The summed E-state index contributed by atoms with van der Waals surface area (Å²) in [6.07, 6.45) is 4.68. The van der Waals surface area contributed by atoms with Crippen molar-refractivity contribution in [1.82, 2.24) is 0 Å². The van der Waals surface area contributed by atoms with Gasteiger partial charge in [-0.05, 0) is 158 Å². The molecule has 288 valence electrons. The first-order valence-electron chi connectivity index (χ1n) is 20.8. The lowest BCUT2D eigenvalue weighted by Gasteiger charge is -2.48. The average Bonchev–Trinajstić information content (AvgIpc) is 3.11. The summed E-state index contributed by atoms with van der Waals surface area (Å²) in [4.78, 5) is 5.01. The molecule has 56 heavy (non-hydrogen) atoms. The van der Waals surface area contributed by atoms with E-state index in [1.165, 1.54) is 74.0 Å². The fraction of sp³-hybridized carbons (Fsp3) is 0.412. The van der Waals surface area contributed by atoms with Crippen LogP contribution < -0.4 is 26.2 Å². The topological polar surface area (TPSA) is 6.48 Å².